The summed E-state index contributed by atoms with van der Waals surface area (Å²) in [7, 11) is 0. The molecule has 0 atom stereocenters. The summed E-state index contributed by atoms with van der Waals surface area (Å²) in [5.74, 6) is 3.23. The third-order valence-corrected chi connectivity index (χ3v) is 9.81. The van der Waals surface area contributed by atoms with Crippen LogP contribution in [0.1, 0.15) is 76.6 Å². The topological polar surface area (TPSA) is 109 Å². The largest absolute Gasteiger partial charge is 0.696 e. The average Bonchev–Trinajstić information content (AvgIpc) is 3.60. The summed E-state index contributed by atoms with van der Waals surface area (Å²) in [5, 5.41) is 18.5. The molecule has 2 aromatic rings. The number of thiocyanates is 1. The second-order valence-corrected chi connectivity index (χ2v) is 13.3. The summed E-state index contributed by atoms with van der Waals surface area (Å²) in [6.07, 6.45) is 14.4. The minimum Gasteiger partial charge on any atom is -0.696 e. The zero-order valence-electron chi connectivity index (χ0n) is 26.6. The van der Waals surface area contributed by atoms with E-state index in [1.807, 2.05) is 50.2 Å². The minimum atomic E-state index is 0. The number of fused-ring (bicyclic) bond motifs is 8. The predicted octanol–water partition coefficient (Wildman–Crippen LogP) is 5.35. The summed E-state index contributed by atoms with van der Waals surface area (Å²) >= 11 is 12.8. The number of aromatic nitrogens is 2. The van der Waals surface area contributed by atoms with E-state index in [0.717, 1.165) is 82.9 Å². The molecule has 2 saturated carbocycles. The molecule has 4 aliphatic heterocycles. The van der Waals surface area contributed by atoms with Crippen molar-refractivity contribution in [3.63, 3.8) is 0 Å². The van der Waals surface area contributed by atoms with Gasteiger partial charge in [-0.05, 0) is 113 Å². The van der Waals surface area contributed by atoms with Crippen molar-refractivity contribution in [1.82, 2.24) is 19.8 Å². The van der Waals surface area contributed by atoms with Crippen molar-refractivity contribution in [3.05, 3.63) is 71.0 Å². The molecular weight excluding hydrogens is 678 g/mol. The molecule has 46 heavy (non-hydrogen) atoms. The van der Waals surface area contributed by atoms with Crippen molar-refractivity contribution in [2.45, 2.75) is 65.2 Å². The van der Waals surface area contributed by atoms with Crippen LogP contribution >= 0.6 is 0 Å². The van der Waals surface area contributed by atoms with Crippen LogP contribution in [0.2, 0.25) is 0 Å². The molecule has 0 amide bonds. The van der Waals surface area contributed by atoms with E-state index in [9.17, 15) is 0 Å². The van der Waals surface area contributed by atoms with Crippen molar-refractivity contribution >= 4 is 58.7 Å². The van der Waals surface area contributed by atoms with Crippen LogP contribution in [-0.4, -0.2) is 67.6 Å². The molecular formula is C33H44CoN9S3-. The molecule has 8 rings (SSSR count). The Morgan fingerprint density at radius 3 is 1.28 bits per heavy atom. The van der Waals surface area contributed by atoms with Gasteiger partial charge in [-0.15, -0.1) is 0 Å². The quantitative estimate of drug-likeness (QED) is 0.0802. The summed E-state index contributed by atoms with van der Waals surface area (Å²) in [4.78, 5) is 13.2. The second-order valence-electron chi connectivity index (χ2n) is 12.3. The SMILES string of the molecule is CC(=N[N-]C(=[SH+])N1CC2CCC(CC2)C1)c1ccccn1.CC(=N[N-]C(=[SH+])N1CC2CCC(CC2)C1)c1ccccn1.N#C[S-].[Co]. The first-order chi connectivity index (χ1) is 21.9. The Morgan fingerprint density at radius 2 is 1.02 bits per heavy atom. The van der Waals surface area contributed by atoms with Crippen molar-refractivity contribution in [1.29, 1.82) is 5.26 Å². The van der Waals surface area contributed by atoms with Gasteiger partial charge in [-0.1, -0.05) is 17.5 Å². The minimum absolute atomic E-state index is 0. The molecule has 9 nitrogen and oxygen atoms in total. The number of hydrogen-bond acceptors (Lipinski definition) is 6. The van der Waals surface area contributed by atoms with Gasteiger partial charge in [-0.3, -0.25) is 9.97 Å². The van der Waals surface area contributed by atoms with Crippen LogP contribution in [0.4, 0.5) is 0 Å². The van der Waals surface area contributed by atoms with Gasteiger partial charge in [0.2, 0.25) is 0 Å². The van der Waals surface area contributed by atoms with Crippen LogP contribution in [0.5, 0.6) is 0 Å². The molecule has 6 heterocycles. The molecule has 1 radical (unpaired) electrons. The van der Waals surface area contributed by atoms with Gasteiger partial charge in [0.1, 0.15) is 0 Å². The Hall–Kier alpha value is -2.44. The molecule has 4 bridgehead atoms. The van der Waals surface area contributed by atoms with E-state index in [1.54, 1.807) is 12.4 Å². The molecule has 4 saturated heterocycles. The fraction of sp³-hybridized carbons (Fsp3) is 0.545. The number of hydrogen-bond donors (Lipinski definition) is 0. The van der Waals surface area contributed by atoms with E-state index in [2.05, 4.69) is 77.9 Å². The third-order valence-electron chi connectivity index (χ3n) is 9.06. The Kier molecular flexibility index (Phi) is 16.6. The van der Waals surface area contributed by atoms with Crippen molar-refractivity contribution in [2.75, 3.05) is 26.2 Å². The van der Waals surface area contributed by atoms with Gasteiger partial charge in [0.25, 0.3) is 0 Å². The van der Waals surface area contributed by atoms with Crippen LogP contribution < -0.4 is 0 Å². The molecule has 6 fully saturated rings. The third kappa shape index (κ3) is 12.0. The maximum absolute atomic E-state index is 7.13. The molecule has 2 aromatic heterocycles. The van der Waals surface area contributed by atoms with Gasteiger partial charge in [0.15, 0.2) is 34.7 Å². The molecule has 0 N–H and O–H groups in total. The Bertz CT molecular complexity index is 1210. The van der Waals surface area contributed by atoms with Crippen molar-refractivity contribution in [2.24, 2.45) is 33.9 Å². The van der Waals surface area contributed by atoms with Crippen LogP contribution in [0.3, 0.4) is 0 Å². The Labute approximate surface area is 300 Å². The predicted molar refractivity (Wildman–Crippen MR) is 194 cm³/mol. The van der Waals surface area contributed by atoms with Gasteiger partial charge >= 0.3 is 0 Å². The smallest absolute Gasteiger partial charge is 0.189 e. The monoisotopic (exact) mass is 721 g/mol. The van der Waals surface area contributed by atoms with E-state index in [-0.39, 0.29) is 16.8 Å². The summed E-state index contributed by atoms with van der Waals surface area (Å²) < 4.78 is 0. The number of nitrogens with zero attached hydrogens (tertiary/aromatic N) is 9. The zero-order chi connectivity index (χ0) is 32.0. The summed E-state index contributed by atoms with van der Waals surface area (Å²) in [6, 6.07) is 11.6. The van der Waals surface area contributed by atoms with E-state index < -0.39 is 0 Å². The van der Waals surface area contributed by atoms with E-state index in [1.165, 1.54) is 56.8 Å². The number of nitriles is 1. The zero-order valence-corrected chi connectivity index (χ0v) is 30.2. The summed E-state index contributed by atoms with van der Waals surface area (Å²) in [6.45, 7) is 8.18. The molecule has 0 spiro atoms. The molecule has 13 heteroatoms. The molecule has 249 valence electrons. The van der Waals surface area contributed by atoms with Crippen LogP contribution in [0, 0.1) is 34.3 Å². The number of pyridine rings is 2. The van der Waals surface area contributed by atoms with Crippen LogP contribution in [-0.2, 0) is 53.8 Å². The van der Waals surface area contributed by atoms with Gasteiger partial charge < -0.3 is 33.7 Å². The standard InChI is InChI=1S/2C16H22N4S.CHNS.Co/c2*1-12(15-4-2-3-9-17-15)18-19-16(21)20-10-13-5-6-14(11-20)8-7-13;2-1-3;/h2*2-4,9,13-14H,5-8,10-11H2,1H3,(H,17,19,21);3H;/p-1. The maximum Gasteiger partial charge on any atom is 0.189 e. The normalized spacial score (nSPS) is 24.3. The maximum atomic E-state index is 7.13. The number of rotatable bonds is 4. The fourth-order valence-electron chi connectivity index (χ4n) is 6.54. The van der Waals surface area contributed by atoms with Gasteiger partial charge in [0, 0.05) is 66.8 Å². The average molecular weight is 722 g/mol. The van der Waals surface area contributed by atoms with E-state index >= 15 is 0 Å². The Balaban J connectivity index is 0.000000226. The molecule has 2 aliphatic carbocycles. The first-order valence-corrected chi connectivity index (χ1v) is 17.1. The second kappa shape index (κ2) is 20.0. The first kappa shape index (κ1) is 38.0. The van der Waals surface area contributed by atoms with Crippen LogP contribution in [0.25, 0.3) is 10.9 Å². The van der Waals surface area contributed by atoms with Crippen LogP contribution in [0.15, 0.2) is 59.0 Å². The molecule has 0 aromatic carbocycles. The summed E-state index contributed by atoms with van der Waals surface area (Å²) in [5.41, 5.74) is 12.0. The first-order valence-electron chi connectivity index (χ1n) is 15.8. The fourth-order valence-corrected chi connectivity index (χ4v) is 6.95. The van der Waals surface area contributed by atoms with Gasteiger partial charge in [0.05, 0.1) is 11.4 Å². The van der Waals surface area contributed by atoms with E-state index in [4.69, 9.17) is 5.26 Å². The van der Waals surface area contributed by atoms with Gasteiger partial charge in [-0.25, -0.2) is 15.1 Å². The van der Waals surface area contributed by atoms with Crippen molar-refractivity contribution in [3.8, 4) is 5.40 Å². The van der Waals surface area contributed by atoms with Crippen molar-refractivity contribution < 1.29 is 16.8 Å². The van der Waals surface area contributed by atoms with E-state index in [0.29, 0.717) is 0 Å². The molecule has 0 unspecified atom stereocenters. The Morgan fingerprint density at radius 1 is 0.717 bits per heavy atom. The number of thiol groups is 2. The van der Waals surface area contributed by atoms with Gasteiger partial charge in [-0.2, -0.15) is 0 Å². The molecule has 6 aliphatic rings.